The third-order valence-electron chi connectivity index (χ3n) is 3.44. The first kappa shape index (κ1) is 14.5. The van der Waals surface area contributed by atoms with Gasteiger partial charge in [0.2, 0.25) is 0 Å². The number of hydrogen-bond acceptors (Lipinski definition) is 8. The predicted octanol–water partition coefficient (Wildman–Crippen LogP) is 2.69. The van der Waals surface area contributed by atoms with Gasteiger partial charge < -0.3 is 9.84 Å². The van der Waals surface area contributed by atoms with Crippen LogP contribution in [0.5, 0.6) is 0 Å². The van der Waals surface area contributed by atoms with Gasteiger partial charge in [0.1, 0.15) is 6.33 Å². The summed E-state index contributed by atoms with van der Waals surface area (Å²) in [7, 11) is 0. The lowest BCUT2D eigenvalue weighted by Gasteiger charge is -2.08. The molecule has 0 radical (unpaired) electrons. The minimum atomic E-state index is 0.485. The van der Waals surface area contributed by atoms with E-state index >= 15 is 0 Å². The van der Waals surface area contributed by atoms with Crippen LogP contribution in [0.2, 0.25) is 0 Å². The quantitative estimate of drug-likeness (QED) is 0.597. The molecule has 0 aliphatic heterocycles. The highest BCUT2D eigenvalue weighted by atomic mass is 32.1. The predicted molar refractivity (Wildman–Crippen MR) is 88.8 cm³/mol. The first-order chi connectivity index (χ1) is 11.8. The highest BCUT2D eigenvalue weighted by Crippen LogP contribution is 2.23. The maximum absolute atomic E-state index is 5.27. The lowest BCUT2D eigenvalue weighted by Crippen LogP contribution is -2.03. The van der Waals surface area contributed by atoms with E-state index in [2.05, 4.69) is 31.0 Å². The van der Waals surface area contributed by atoms with Crippen molar-refractivity contribution in [3.8, 4) is 16.5 Å². The second kappa shape index (κ2) is 6.20. The fourth-order valence-electron chi connectivity index (χ4n) is 2.30. The molecule has 4 rings (SSSR count). The molecule has 0 atom stereocenters. The van der Waals surface area contributed by atoms with Gasteiger partial charge in [0.15, 0.2) is 5.82 Å². The first-order valence-corrected chi connectivity index (χ1v) is 8.12. The van der Waals surface area contributed by atoms with Gasteiger partial charge in [0, 0.05) is 5.69 Å². The molecule has 1 N–H and O–H groups in total. The molecule has 0 aliphatic carbocycles. The van der Waals surface area contributed by atoms with Crippen molar-refractivity contribution >= 4 is 17.0 Å². The second-order valence-corrected chi connectivity index (χ2v) is 6.05. The van der Waals surface area contributed by atoms with E-state index in [0.29, 0.717) is 18.3 Å². The summed E-state index contributed by atoms with van der Waals surface area (Å²) in [6.07, 6.45) is 1.57. The van der Waals surface area contributed by atoms with E-state index in [1.165, 1.54) is 0 Å². The van der Waals surface area contributed by atoms with Gasteiger partial charge in [-0.05, 0) is 52.6 Å². The third kappa shape index (κ3) is 2.88. The van der Waals surface area contributed by atoms with Crippen LogP contribution in [0.15, 0.2) is 46.6 Å². The molecule has 3 aromatic heterocycles. The molecule has 0 spiro atoms. The molecule has 120 valence electrons. The van der Waals surface area contributed by atoms with Gasteiger partial charge in [-0.15, -0.1) is 16.4 Å². The Kier molecular flexibility index (Phi) is 3.75. The zero-order chi connectivity index (χ0) is 16.4. The number of tetrazole rings is 1. The average molecular weight is 339 g/mol. The van der Waals surface area contributed by atoms with Crippen molar-refractivity contribution in [1.82, 2.24) is 30.3 Å². The molecule has 0 unspecified atom stereocenters. The van der Waals surface area contributed by atoms with E-state index in [4.69, 9.17) is 4.52 Å². The number of nitrogens with one attached hydrogen (secondary N) is 1. The average Bonchev–Trinajstić information content (AvgIpc) is 3.33. The Morgan fingerprint density at radius 2 is 2.25 bits per heavy atom. The zero-order valence-electron chi connectivity index (χ0n) is 12.7. The maximum Gasteiger partial charge on any atom is 0.268 e. The van der Waals surface area contributed by atoms with Crippen molar-refractivity contribution in [2.45, 2.75) is 13.5 Å². The summed E-state index contributed by atoms with van der Waals surface area (Å²) in [4.78, 5) is 5.36. The number of hydrogen-bond donors (Lipinski definition) is 1. The van der Waals surface area contributed by atoms with Gasteiger partial charge >= 0.3 is 0 Å². The lowest BCUT2D eigenvalue weighted by molar-refractivity contribution is 0.424. The summed E-state index contributed by atoms with van der Waals surface area (Å²) in [5, 5.41) is 20.5. The van der Waals surface area contributed by atoms with Crippen LogP contribution in [0.25, 0.3) is 16.5 Å². The Morgan fingerprint density at radius 3 is 3.00 bits per heavy atom. The summed E-state index contributed by atoms with van der Waals surface area (Å²) in [6.45, 7) is 2.49. The van der Waals surface area contributed by atoms with E-state index in [0.717, 1.165) is 21.8 Å². The summed E-state index contributed by atoms with van der Waals surface area (Å²) in [5.74, 6) is 1.16. The molecule has 0 saturated heterocycles. The number of aromatic nitrogens is 6. The molecule has 0 bridgehead atoms. The van der Waals surface area contributed by atoms with Crippen LogP contribution in [0.4, 0.5) is 5.69 Å². The normalized spacial score (nSPS) is 10.9. The summed E-state index contributed by atoms with van der Waals surface area (Å²) < 4.78 is 6.90. The minimum Gasteiger partial charge on any atom is -0.378 e. The number of nitrogens with zero attached hydrogens (tertiary/aromatic N) is 6. The van der Waals surface area contributed by atoms with Crippen molar-refractivity contribution < 1.29 is 4.52 Å². The monoisotopic (exact) mass is 339 g/mol. The van der Waals surface area contributed by atoms with E-state index in [1.54, 1.807) is 22.3 Å². The van der Waals surface area contributed by atoms with Crippen LogP contribution in [0.1, 0.15) is 11.4 Å². The largest absolute Gasteiger partial charge is 0.378 e. The Bertz CT molecular complexity index is 931. The van der Waals surface area contributed by atoms with Gasteiger partial charge in [-0.3, -0.25) is 0 Å². The number of rotatable bonds is 5. The van der Waals surface area contributed by atoms with E-state index in [-0.39, 0.29) is 0 Å². The van der Waals surface area contributed by atoms with Gasteiger partial charge in [-0.2, -0.15) is 4.98 Å². The number of thiophene rings is 1. The van der Waals surface area contributed by atoms with Crippen LogP contribution in [0, 0.1) is 6.92 Å². The van der Waals surface area contributed by atoms with Crippen LogP contribution < -0.4 is 5.32 Å². The lowest BCUT2D eigenvalue weighted by atomic mass is 10.2. The maximum atomic E-state index is 5.27. The Labute approximate surface area is 141 Å². The van der Waals surface area contributed by atoms with Crippen LogP contribution in [0.3, 0.4) is 0 Å². The summed E-state index contributed by atoms with van der Waals surface area (Å²) in [6, 6.07) is 9.86. The van der Waals surface area contributed by atoms with Gasteiger partial charge in [-0.1, -0.05) is 11.2 Å². The van der Waals surface area contributed by atoms with E-state index in [1.807, 2.05) is 42.6 Å². The molecule has 3 heterocycles. The fraction of sp³-hybridized carbons (Fsp3) is 0.133. The Hall–Kier alpha value is -3.07. The molecule has 24 heavy (non-hydrogen) atoms. The summed E-state index contributed by atoms with van der Waals surface area (Å²) in [5.41, 5.74) is 2.96. The highest BCUT2D eigenvalue weighted by molar-refractivity contribution is 7.13. The number of anilines is 1. The SMILES string of the molecule is Cc1cc(NCc2noc(-c3cccs3)n2)ccc1-n1cnnn1. The Balaban J connectivity index is 1.45. The molecule has 1 aromatic carbocycles. The second-order valence-electron chi connectivity index (χ2n) is 5.10. The molecule has 0 aliphatic rings. The molecular formula is C15H13N7OS. The smallest absolute Gasteiger partial charge is 0.268 e. The zero-order valence-corrected chi connectivity index (χ0v) is 13.6. The molecule has 8 nitrogen and oxygen atoms in total. The highest BCUT2D eigenvalue weighted by Gasteiger charge is 2.10. The topological polar surface area (TPSA) is 94.6 Å². The van der Waals surface area contributed by atoms with Crippen molar-refractivity contribution in [2.75, 3.05) is 5.32 Å². The third-order valence-corrected chi connectivity index (χ3v) is 4.30. The van der Waals surface area contributed by atoms with Gasteiger partial charge in [0.25, 0.3) is 5.89 Å². The number of benzene rings is 1. The standard InChI is InChI=1S/C15H13N7OS/c1-10-7-11(4-5-12(10)22-9-17-20-21-22)16-8-14-18-15(23-19-14)13-3-2-6-24-13/h2-7,9,16H,8H2,1H3. The van der Waals surface area contributed by atoms with Crippen LogP contribution >= 0.6 is 11.3 Å². The van der Waals surface area contributed by atoms with E-state index in [9.17, 15) is 0 Å². The Morgan fingerprint density at radius 1 is 1.29 bits per heavy atom. The molecule has 0 fully saturated rings. The molecule has 0 saturated carbocycles. The van der Waals surface area contributed by atoms with Gasteiger partial charge in [0.05, 0.1) is 17.1 Å². The van der Waals surface area contributed by atoms with Crippen molar-refractivity contribution in [2.24, 2.45) is 0 Å². The summed E-state index contributed by atoms with van der Waals surface area (Å²) >= 11 is 1.57. The minimum absolute atomic E-state index is 0.485. The molecule has 4 aromatic rings. The molecular weight excluding hydrogens is 326 g/mol. The fourth-order valence-corrected chi connectivity index (χ4v) is 2.95. The number of aryl methyl sites for hydroxylation is 1. The van der Waals surface area contributed by atoms with Crippen LogP contribution in [-0.4, -0.2) is 30.3 Å². The first-order valence-electron chi connectivity index (χ1n) is 7.24. The van der Waals surface area contributed by atoms with E-state index < -0.39 is 0 Å². The molecule has 0 amide bonds. The van der Waals surface area contributed by atoms with Crippen molar-refractivity contribution in [1.29, 1.82) is 0 Å². The van der Waals surface area contributed by atoms with Crippen molar-refractivity contribution in [3.63, 3.8) is 0 Å². The van der Waals surface area contributed by atoms with Crippen LogP contribution in [-0.2, 0) is 6.54 Å². The molecule has 9 heteroatoms. The van der Waals surface area contributed by atoms with Gasteiger partial charge in [-0.25, -0.2) is 4.68 Å². The van der Waals surface area contributed by atoms with Crippen molar-refractivity contribution in [3.05, 3.63) is 53.4 Å².